The Labute approximate surface area is 135 Å². The maximum atomic E-state index is 13.1. The number of aryl methyl sites for hydroxylation is 1. The highest BCUT2D eigenvalue weighted by atomic mass is 19.2. The highest BCUT2D eigenvalue weighted by Crippen LogP contribution is 2.14. The van der Waals surface area contributed by atoms with E-state index in [2.05, 4.69) is 25.6 Å². The van der Waals surface area contributed by atoms with Crippen molar-refractivity contribution in [2.75, 3.05) is 10.6 Å². The summed E-state index contributed by atoms with van der Waals surface area (Å²) in [4.78, 5) is 24.1. The standard InChI is InChI=1S/C15H12F2N6O/c1-9-18-4-5-23(9)14-7-13(19-8-20-14)22-15(24)21-10-2-3-11(16)12(17)6-10/h2-8H,1H3,(H2,19,20,21,22,24). The van der Waals surface area contributed by atoms with E-state index in [0.717, 1.165) is 18.0 Å². The molecule has 9 heteroatoms. The molecule has 1 aromatic carbocycles. The molecule has 0 spiro atoms. The number of anilines is 2. The second kappa shape index (κ2) is 6.41. The van der Waals surface area contributed by atoms with E-state index < -0.39 is 17.7 Å². The van der Waals surface area contributed by atoms with E-state index in [1.807, 2.05) is 6.92 Å². The molecule has 0 fully saturated rings. The molecule has 0 bridgehead atoms. The van der Waals surface area contributed by atoms with Gasteiger partial charge in [-0.25, -0.2) is 28.5 Å². The number of halogens is 2. The summed E-state index contributed by atoms with van der Waals surface area (Å²) in [5.41, 5.74) is 0.117. The highest BCUT2D eigenvalue weighted by Gasteiger charge is 2.09. The molecule has 0 radical (unpaired) electrons. The van der Waals surface area contributed by atoms with Crippen LogP contribution < -0.4 is 10.6 Å². The number of hydrogen-bond acceptors (Lipinski definition) is 4. The molecular formula is C15H12F2N6O. The molecule has 2 aromatic heterocycles. The summed E-state index contributed by atoms with van der Waals surface area (Å²) in [6, 6.07) is 3.97. The van der Waals surface area contributed by atoms with Crippen LogP contribution in [-0.2, 0) is 0 Å². The van der Waals surface area contributed by atoms with Crippen molar-refractivity contribution >= 4 is 17.5 Å². The fourth-order valence-electron chi connectivity index (χ4n) is 2.02. The molecule has 0 aliphatic carbocycles. The van der Waals surface area contributed by atoms with Crippen molar-refractivity contribution in [3.8, 4) is 5.82 Å². The number of amides is 2. The monoisotopic (exact) mass is 330 g/mol. The zero-order chi connectivity index (χ0) is 17.1. The first-order valence-electron chi connectivity index (χ1n) is 6.88. The van der Waals surface area contributed by atoms with Crippen LogP contribution in [0.3, 0.4) is 0 Å². The van der Waals surface area contributed by atoms with Gasteiger partial charge in [0.25, 0.3) is 0 Å². The van der Waals surface area contributed by atoms with Crippen molar-refractivity contribution < 1.29 is 13.6 Å². The molecule has 122 valence electrons. The van der Waals surface area contributed by atoms with Gasteiger partial charge in [-0.3, -0.25) is 9.88 Å². The Morgan fingerprint density at radius 3 is 2.62 bits per heavy atom. The van der Waals surface area contributed by atoms with Gasteiger partial charge in [-0.05, 0) is 19.1 Å². The lowest BCUT2D eigenvalue weighted by atomic mass is 10.3. The Bertz CT molecular complexity index is 895. The topological polar surface area (TPSA) is 84.7 Å². The number of imidazole rings is 1. The third kappa shape index (κ3) is 3.35. The molecule has 2 heterocycles. The fraction of sp³-hybridized carbons (Fsp3) is 0.0667. The van der Waals surface area contributed by atoms with Crippen LogP contribution in [0.4, 0.5) is 25.1 Å². The third-order valence-corrected chi connectivity index (χ3v) is 3.14. The number of carbonyl (C=O) groups is 1. The van der Waals surface area contributed by atoms with Gasteiger partial charge in [-0.2, -0.15) is 0 Å². The van der Waals surface area contributed by atoms with Crippen LogP contribution in [0.2, 0.25) is 0 Å². The highest BCUT2D eigenvalue weighted by molar-refractivity contribution is 5.99. The van der Waals surface area contributed by atoms with Gasteiger partial charge in [0.15, 0.2) is 11.6 Å². The second-order valence-electron chi connectivity index (χ2n) is 4.81. The van der Waals surface area contributed by atoms with Crippen molar-refractivity contribution in [2.24, 2.45) is 0 Å². The number of hydrogen-bond donors (Lipinski definition) is 2. The average molecular weight is 330 g/mol. The van der Waals surface area contributed by atoms with Crippen molar-refractivity contribution in [3.05, 3.63) is 60.4 Å². The minimum absolute atomic E-state index is 0.117. The largest absolute Gasteiger partial charge is 0.324 e. The smallest absolute Gasteiger partial charge is 0.308 e. The van der Waals surface area contributed by atoms with Crippen LogP contribution in [0, 0.1) is 18.6 Å². The van der Waals surface area contributed by atoms with E-state index in [1.54, 1.807) is 23.0 Å². The minimum Gasteiger partial charge on any atom is -0.308 e. The summed E-state index contributed by atoms with van der Waals surface area (Å²) in [6.07, 6.45) is 4.64. The molecule has 3 aromatic rings. The number of rotatable bonds is 3. The summed E-state index contributed by atoms with van der Waals surface area (Å²) >= 11 is 0. The van der Waals surface area contributed by atoms with Gasteiger partial charge in [0, 0.05) is 30.2 Å². The fourth-order valence-corrected chi connectivity index (χ4v) is 2.02. The number of nitrogens with one attached hydrogen (secondary N) is 2. The Hall–Kier alpha value is -3.36. The van der Waals surface area contributed by atoms with Gasteiger partial charge >= 0.3 is 6.03 Å². The van der Waals surface area contributed by atoms with E-state index in [9.17, 15) is 13.6 Å². The van der Waals surface area contributed by atoms with Crippen molar-refractivity contribution in [1.82, 2.24) is 19.5 Å². The first-order chi connectivity index (χ1) is 11.5. The van der Waals surface area contributed by atoms with Crippen LogP contribution in [-0.4, -0.2) is 25.6 Å². The number of aromatic nitrogens is 4. The van der Waals surface area contributed by atoms with Crippen molar-refractivity contribution in [3.63, 3.8) is 0 Å². The minimum atomic E-state index is -1.05. The van der Waals surface area contributed by atoms with E-state index in [0.29, 0.717) is 5.82 Å². The lowest BCUT2D eigenvalue weighted by molar-refractivity contribution is 0.262. The summed E-state index contributed by atoms with van der Waals surface area (Å²) in [5, 5.41) is 4.88. The summed E-state index contributed by atoms with van der Waals surface area (Å²) in [6.45, 7) is 1.81. The molecule has 2 amide bonds. The number of benzene rings is 1. The average Bonchev–Trinajstić information content (AvgIpc) is 2.97. The second-order valence-corrected chi connectivity index (χ2v) is 4.81. The predicted octanol–water partition coefficient (Wildman–Crippen LogP) is 2.89. The molecule has 0 aliphatic rings. The van der Waals surface area contributed by atoms with E-state index >= 15 is 0 Å². The molecule has 0 unspecified atom stereocenters. The molecule has 0 atom stereocenters. The maximum absolute atomic E-state index is 13.1. The Morgan fingerprint density at radius 1 is 1.08 bits per heavy atom. The molecular weight excluding hydrogens is 318 g/mol. The molecule has 24 heavy (non-hydrogen) atoms. The van der Waals surface area contributed by atoms with E-state index in [-0.39, 0.29) is 11.5 Å². The normalized spacial score (nSPS) is 10.5. The number of carbonyl (C=O) groups excluding carboxylic acids is 1. The Balaban J connectivity index is 1.72. The van der Waals surface area contributed by atoms with Gasteiger partial charge in [0.1, 0.15) is 23.8 Å². The first-order valence-corrected chi connectivity index (χ1v) is 6.88. The van der Waals surface area contributed by atoms with Crippen LogP contribution in [0.5, 0.6) is 0 Å². The molecule has 2 N–H and O–H groups in total. The van der Waals surface area contributed by atoms with Crippen LogP contribution >= 0.6 is 0 Å². The van der Waals surface area contributed by atoms with Gasteiger partial charge in [0.05, 0.1) is 0 Å². The van der Waals surface area contributed by atoms with Gasteiger partial charge in [0.2, 0.25) is 0 Å². The zero-order valence-electron chi connectivity index (χ0n) is 12.5. The lowest BCUT2D eigenvalue weighted by Gasteiger charge is -2.09. The molecule has 0 saturated carbocycles. The zero-order valence-corrected chi connectivity index (χ0v) is 12.5. The molecule has 0 saturated heterocycles. The molecule has 0 aliphatic heterocycles. The lowest BCUT2D eigenvalue weighted by Crippen LogP contribution is -2.20. The van der Waals surface area contributed by atoms with Crippen molar-refractivity contribution in [2.45, 2.75) is 6.92 Å². The van der Waals surface area contributed by atoms with Crippen LogP contribution in [0.1, 0.15) is 5.82 Å². The van der Waals surface area contributed by atoms with Gasteiger partial charge < -0.3 is 5.32 Å². The summed E-state index contributed by atoms with van der Waals surface area (Å²) < 4.78 is 27.7. The Morgan fingerprint density at radius 2 is 1.92 bits per heavy atom. The first kappa shape index (κ1) is 15.5. The maximum Gasteiger partial charge on any atom is 0.324 e. The van der Waals surface area contributed by atoms with Gasteiger partial charge in [-0.15, -0.1) is 0 Å². The van der Waals surface area contributed by atoms with Crippen molar-refractivity contribution in [1.29, 1.82) is 0 Å². The van der Waals surface area contributed by atoms with Crippen LogP contribution in [0.15, 0.2) is 43.0 Å². The third-order valence-electron chi connectivity index (χ3n) is 3.14. The molecule has 7 nitrogen and oxygen atoms in total. The van der Waals surface area contributed by atoms with Gasteiger partial charge in [-0.1, -0.05) is 0 Å². The van der Waals surface area contributed by atoms with E-state index in [1.165, 1.54) is 12.4 Å². The Kier molecular flexibility index (Phi) is 4.15. The van der Waals surface area contributed by atoms with E-state index in [4.69, 9.17) is 0 Å². The van der Waals surface area contributed by atoms with Crippen LogP contribution in [0.25, 0.3) is 5.82 Å². The summed E-state index contributed by atoms with van der Waals surface area (Å²) in [7, 11) is 0. The quantitative estimate of drug-likeness (QED) is 0.773. The SMILES string of the molecule is Cc1nccn1-c1cc(NC(=O)Nc2ccc(F)c(F)c2)ncn1. The number of urea groups is 1. The predicted molar refractivity (Wildman–Crippen MR) is 82.9 cm³/mol. The number of nitrogens with zero attached hydrogens (tertiary/aromatic N) is 4. The molecule has 3 rings (SSSR count). The summed E-state index contributed by atoms with van der Waals surface area (Å²) in [5.74, 6) is -0.535.